The van der Waals surface area contributed by atoms with Gasteiger partial charge in [0.1, 0.15) is 24.7 Å². The number of quaternary nitrogens is 1. The molecule has 4 nitrogen and oxygen atoms in total. The lowest BCUT2D eigenvalue weighted by molar-refractivity contribution is -0.914. The summed E-state index contributed by atoms with van der Waals surface area (Å²) in [7, 11) is 0. The van der Waals surface area contributed by atoms with E-state index >= 15 is 0 Å². The lowest BCUT2D eigenvalue weighted by Gasteiger charge is -2.34. The number of anilines is 1. The Kier molecular flexibility index (Phi) is 6.56. The number of nitrogens with zero attached hydrogens (tertiary/aromatic N) is 1. The van der Waals surface area contributed by atoms with Crippen molar-refractivity contribution >= 4 is 5.69 Å². The van der Waals surface area contributed by atoms with Gasteiger partial charge in [-0.05, 0) is 31.2 Å². The molecule has 0 amide bonds. The number of rotatable bonds is 8. The van der Waals surface area contributed by atoms with Crippen LogP contribution in [0, 0.1) is 0 Å². The van der Waals surface area contributed by atoms with Gasteiger partial charge in [0.25, 0.3) is 0 Å². The minimum absolute atomic E-state index is 0.550. The summed E-state index contributed by atoms with van der Waals surface area (Å²) in [6.07, 6.45) is 1.79. The number of hydrogen-bond donors (Lipinski definition) is 1. The van der Waals surface area contributed by atoms with E-state index in [1.54, 1.807) is 11.0 Å². The highest BCUT2D eigenvalue weighted by atomic mass is 16.5. The number of benzene rings is 2. The van der Waals surface area contributed by atoms with E-state index in [4.69, 9.17) is 9.47 Å². The molecule has 0 saturated carbocycles. The Labute approximate surface area is 156 Å². The van der Waals surface area contributed by atoms with Crippen molar-refractivity contribution in [2.75, 3.05) is 44.3 Å². The molecular formula is C22H29N2O2+. The monoisotopic (exact) mass is 353 g/mol. The molecule has 138 valence electrons. The zero-order valence-electron chi connectivity index (χ0n) is 15.6. The van der Waals surface area contributed by atoms with E-state index in [0.717, 1.165) is 44.2 Å². The first-order valence-electron chi connectivity index (χ1n) is 9.43. The van der Waals surface area contributed by atoms with Crippen LogP contribution in [0.3, 0.4) is 0 Å². The second-order valence-corrected chi connectivity index (χ2v) is 6.52. The van der Waals surface area contributed by atoms with Gasteiger partial charge in [-0.1, -0.05) is 36.9 Å². The molecule has 1 aliphatic rings. The van der Waals surface area contributed by atoms with Crippen molar-refractivity contribution in [2.24, 2.45) is 0 Å². The molecule has 1 saturated heterocycles. The average molecular weight is 353 g/mol. The molecule has 1 N–H and O–H groups in total. The molecule has 3 rings (SSSR count). The molecule has 0 aromatic heterocycles. The lowest BCUT2D eigenvalue weighted by Crippen LogP contribution is -3.13. The Morgan fingerprint density at radius 2 is 1.69 bits per heavy atom. The maximum atomic E-state index is 5.80. The predicted molar refractivity (Wildman–Crippen MR) is 106 cm³/mol. The molecule has 0 unspecified atom stereocenters. The third kappa shape index (κ3) is 4.58. The highest BCUT2D eigenvalue weighted by Crippen LogP contribution is 2.27. The summed E-state index contributed by atoms with van der Waals surface area (Å²) in [5.41, 5.74) is 2.48. The normalized spacial score (nSPS) is 14.9. The zero-order valence-corrected chi connectivity index (χ0v) is 15.6. The van der Waals surface area contributed by atoms with Crippen LogP contribution in [0.5, 0.6) is 11.5 Å². The number of ether oxygens (including phenoxy) is 2. The van der Waals surface area contributed by atoms with E-state index in [-0.39, 0.29) is 0 Å². The molecule has 4 heteroatoms. The van der Waals surface area contributed by atoms with Crippen LogP contribution >= 0.6 is 0 Å². The van der Waals surface area contributed by atoms with E-state index in [1.165, 1.54) is 11.3 Å². The molecule has 0 aliphatic carbocycles. The molecule has 26 heavy (non-hydrogen) atoms. The summed E-state index contributed by atoms with van der Waals surface area (Å²) in [4.78, 5) is 4.03. The van der Waals surface area contributed by atoms with Crippen LogP contribution in [0.1, 0.15) is 12.5 Å². The Morgan fingerprint density at radius 1 is 1.00 bits per heavy atom. The van der Waals surface area contributed by atoms with E-state index < -0.39 is 0 Å². The van der Waals surface area contributed by atoms with Gasteiger partial charge in [0.05, 0.1) is 38.5 Å². The summed E-state index contributed by atoms with van der Waals surface area (Å²) in [6.45, 7) is 12.3. The predicted octanol–water partition coefficient (Wildman–Crippen LogP) is 2.56. The van der Waals surface area contributed by atoms with E-state index in [2.05, 4.69) is 41.8 Å². The summed E-state index contributed by atoms with van der Waals surface area (Å²) >= 11 is 0. The first-order valence-corrected chi connectivity index (χ1v) is 9.43. The van der Waals surface area contributed by atoms with E-state index in [9.17, 15) is 0 Å². The largest absolute Gasteiger partial charge is 0.492 e. The lowest BCUT2D eigenvalue weighted by atomic mass is 10.1. The van der Waals surface area contributed by atoms with Crippen LogP contribution in [0.4, 0.5) is 5.69 Å². The third-order valence-electron chi connectivity index (χ3n) is 4.75. The SMILES string of the molecule is C=CCOc1ccccc1C[NH+]1CCN(c2ccccc2OCC)CC1. The standard InChI is InChI=1S/C22H28N2O2/c1-3-17-26-21-11-7-5-9-19(21)18-23-13-15-24(16-14-23)20-10-6-8-12-22(20)25-4-2/h3,5-12H,1,4,13-18H2,2H3/p+1. The van der Waals surface area contributed by atoms with Crippen molar-refractivity contribution < 1.29 is 14.4 Å². The first-order chi connectivity index (χ1) is 12.8. The molecule has 0 atom stereocenters. The topological polar surface area (TPSA) is 26.1 Å². The van der Waals surface area contributed by atoms with Crippen molar-refractivity contribution in [1.82, 2.24) is 0 Å². The first kappa shape index (κ1) is 18.3. The fraction of sp³-hybridized carbons (Fsp3) is 0.364. The van der Waals surface area contributed by atoms with Crippen LogP contribution in [-0.2, 0) is 6.54 Å². The van der Waals surface area contributed by atoms with Crippen LogP contribution in [0.15, 0.2) is 61.2 Å². The van der Waals surface area contributed by atoms with E-state index in [1.807, 2.05) is 25.1 Å². The van der Waals surface area contributed by atoms with Gasteiger partial charge in [-0.15, -0.1) is 0 Å². The quantitative estimate of drug-likeness (QED) is 0.739. The molecule has 2 aromatic rings. The Bertz CT molecular complexity index is 709. The second-order valence-electron chi connectivity index (χ2n) is 6.52. The fourth-order valence-electron chi connectivity index (χ4n) is 3.45. The molecule has 0 spiro atoms. The number of hydrogen-bond acceptors (Lipinski definition) is 3. The average Bonchev–Trinajstić information content (AvgIpc) is 2.69. The molecular weight excluding hydrogens is 324 g/mol. The van der Waals surface area contributed by atoms with Gasteiger partial charge in [-0.3, -0.25) is 0 Å². The number of para-hydroxylation sites is 3. The Balaban J connectivity index is 1.60. The Hall–Kier alpha value is -2.46. The van der Waals surface area contributed by atoms with Gasteiger partial charge in [0.15, 0.2) is 0 Å². The molecule has 1 aliphatic heterocycles. The van der Waals surface area contributed by atoms with Crippen molar-refractivity contribution in [1.29, 1.82) is 0 Å². The van der Waals surface area contributed by atoms with Crippen LogP contribution < -0.4 is 19.3 Å². The van der Waals surface area contributed by atoms with Crippen molar-refractivity contribution in [3.8, 4) is 11.5 Å². The maximum Gasteiger partial charge on any atom is 0.142 e. The van der Waals surface area contributed by atoms with Crippen molar-refractivity contribution in [2.45, 2.75) is 13.5 Å². The van der Waals surface area contributed by atoms with Gasteiger partial charge < -0.3 is 19.3 Å². The third-order valence-corrected chi connectivity index (χ3v) is 4.75. The van der Waals surface area contributed by atoms with Gasteiger partial charge in [0.2, 0.25) is 0 Å². The van der Waals surface area contributed by atoms with Crippen LogP contribution in [0.2, 0.25) is 0 Å². The highest BCUT2D eigenvalue weighted by Gasteiger charge is 2.23. The minimum atomic E-state index is 0.550. The van der Waals surface area contributed by atoms with Crippen LogP contribution in [-0.4, -0.2) is 39.4 Å². The van der Waals surface area contributed by atoms with Gasteiger partial charge in [-0.2, -0.15) is 0 Å². The van der Waals surface area contributed by atoms with Gasteiger partial charge in [-0.25, -0.2) is 0 Å². The minimum Gasteiger partial charge on any atom is -0.492 e. The van der Waals surface area contributed by atoms with Gasteiger partial charge in [0, 0.05) is 5.56 Å². The molecule has 1 fully saturated rings. The smallest absolute Gasteiger partial charge is 0.142 e. The molecule has 0 radical (unpaired) electrons. The molecule has 0 bridgehead atoms. The highest BCUT2D eigenvalue weighted by molar-refractivity contribution is 5.58. The summed E-state index contributed by atoms with van der Waals surface area (Å²) in [6, 6.07) is 16.7. The summed E-state index contributed by atoms with van der Waals surface area (Å²) in [5.74, 6) is 1.96. The number of nitrogens with one attached hydrogen (secondary N) is 1. The molecule has 1 heterocycles. The zero-order chi connectivity index (χ0) is 18.2. The fourth-order valence-corrected chi connectivity index (χ4v) is 3.45. The van der Waals surface area contributed by atoms with Crippen LogP contribution in [0.25, 0.3) is 0 Å². The molecule has 2 aromatic carbocycles. The Morgan fingerprint density at radius 3 is 2.42 bits per heavy atom. The summed E-state index contributed by atoms with van der Waals surface area (Å²) < 4.78 is 11.6. The van der Waals surface area contributed by atoms with Gasteiger partial charge >= 0.3 is 0 Å². The summed E-state index contributed by atoms with van der Waals surface area (Å²) in [5, 5.41) is 0. The number of piperazine rings is 1. The maximum absolute atomic E-state index is 5.80. The van der Waals surface area contributed by atoms with Crippen molar-refractivity contribution in [3.63, 3.8) is 0 Å². The van der Waals surface area contributed by atoms with E-state index in [0.29, 0.717) is 13.2 Å². The van der Waals surface area contributed by atoms with Crippen molar-refractivity contribution in [3.05, 3.63) is 66.7 Å². The second kappa shape index (κ2) is 9.30.